The van der Waals surface area contributed by atoms with Gasteiger partial charge in [0.05, 0.1) is 42.6 Å². The number of aliphatic hydroxyl groups is 1. The standard InChI is InChI=1S/C46H51FN4O10S2/c1-24(2)49-32-15-16-38(58-25(32)3)60-37-23-46(47,43(55)42-41-28(17-19-48-42)31-21-27(52)13-14-33(31)50-41)26(4)59-44(37)61-36-12-10-8-7-9-11-30-39(36)29(18-20-63(6)62)34(53)22-35(54)40(30)51-45(56)57-5/h7-8,13-14,17-19,21,24-26,32,34,36-39,44,49-50,52-53H,15-16,20,22-23H2,1-6H3,(H,51,56)/b8-7-,29-18-/t25?,26?,32?,34-,36-,37?,38?,39?,44?,46?,63?/m0/s1. The van der Waals surface area contributed by atoms with Crippen molar-refractivity contribution in [1.29, 1.82) is 0 Å². The molecule has 334 valence electrons. The van der Waals surface area contributed by atoms with Crippen molar-refractivity contribution < 1.29 is 52.7 Å². The number of halogens is 1. The number of phenols is 1. The van der Waals surface area contributed by atoms with E-state index in [-0.39, 0.29) is 46.4 Å². The molecule has 1 aromatic carbocycles. The van der Waals surface area contributed by atoms with Crippen LogP contribution < -0.4 is 10.6 Å². The third-order valence-corrected chi connectivity index (χ3v) is 12.7. The molecule has 17 heteroatoms. The zero-order valence-corrected chi connectivity index (χ0v) is 37.4. The number of aliphatic hydroxyl groups excluding tert-OH is 1. The lowest BCUT2D eigenvalue weighted by molar-refractivity contribution is -0.319. The number of aromatic nitrogens is 2. The van der Waals surface area contributed by atoms with E-state index in [1.54, 1.807) is 24.3 Å². The highest BCUT2D eigenvalue weighted by Crippen LogP contribution is 2.42. The van der Waals surface area contributed by atoms with Crippen LogP contribution in [-0.4, -0.2) is 118 Å². The molecule has 2 saturated heterocycles. The maximum Gasteiger partial charge on any atom is 0.411 e. The number of carbonyl (C=O) groups is 3. The van der Waals surface area contributed by atoms with Crippen LogP contribution in [0.4, 0.5) is 9.18 Å². The highest BCUT2D eigenvalue weighted by atomic mass is 32.8. The number of hydrogen-bond acceptors (Lipinski definition) is 13. The van der Waals surface area contributed by atoms with Crippen molar-refractivity contribution in [3.63, 3.8) is 0 Å². The van der Waals surface area contributed by atoms with Gasteiger partial charge in [0.15, 0.2) is 18.4 Å². The number of phenolic OH excluding ortho intramolecular Hbond substituents is 1. The van der Waals surface area contributed by atoms with Crippen LogP contribution in [0.25, 0.3) is 21.8 Å². The van der Waals surface area contributed by atoms with Crippen LogP contribution in [0.2, 0.25) is 0 Å². The quantitative estimate of drug-likeness (QED) is 0.0996. The summed E-state index contributed by atoms with van der Waals surface area (Å²) in [6.45, 7) is 7.43. The second-order valence-corrected chi connectivity index (χ2v) is 19.5. The van der Waals surface area contributed by atoms with Gasteiger partial charge in [0.2, 0.25) is 11.5 Å². The number of amides is 1. The van der Waals surface area contributed by atoms with E-state index in [1.807, 2.05) is 27.0 Å². The minimum Gasteiger partial charge on any atom is -0.508 e. The Kier molecular flexibility index (Phi) is 14.3. The number of Topliss-reactive ketones (excluding diaryl/α,β-unsaturated/α-hetero) is 2. The summed E-state index contributed by atoms with van der Waals surface area (Å²) in [5, 5.41) is 29.1. The van der Waals surface area contributed by atoms with E-state index in [2.05, 4.69) is 44.3 Å². The molecule has 2 fully saturated rings. The summed E-state index contributed by atoms with van der Waals surface area (Å²) >= 11 is 5.50. The third kappa shape index (κ3) is 9.96. The Morgan fingerprint density at radius 2 is 1.94 bits per heavy atom. The molecule has 14 nitrogen and oxygen atoms in total. The largest absolute Gasteiger partial charge is 0.508 e. The number of alkyl halides is 1. The number of aromatic amines is 1. The van der Waals surface area contributed by atoms with E-state index in [0.29, 0.717) is 40.5 Å². The van der Waals surface area contributed by atoms with E-state index >= 15 is 4.39 Å². The van der Waals surface area contributed by atoms with Gasteiger partial charge in [-0.15, -0.1) is 9.45 Å². The first-order chi connectivity index (χ1) is 30.1. The fourth-order valence-corrected chi connectivity index (χ4v) is 9.15. The number of fused-ring (bicyclic) bond motifs is 4. The SMILES string of the molecule is COC(=O)NC1=C2C#C/C=C\C#C[C@H](OC3OC(C)C(F)(C(=O)c4nccc5c4[nH]c4ccc(O)cc45)CC3OC3CCC(NC(C)C)C(C)O3)C2/C(=C\CS(C)=S)[C@@H](O)CC1=O. The first-order valence-corrected chi connectivity index (χ1v) is 23.5. The summed E-state index contributed by atoms with van der Waals surface area (Å²) in [4.78, 5) is 48.6. The van der Waals surface area contributed by atoms with Gasteiger partial charge < -0.3 is 44.2 Å². The second-order valence-electron chi connectivity index (χ2n) is 16.3. The first kappa shape index (κ1) is 46.2. The van der Waals surface area contributed by atoms with Crippen LogP contribution in [-0.2, 0) is 49.1 Å². The molecule has 2 aliphatic heterocycles. The number of methoxy groups -OCH3 is 1. The number of alkyl carbamates (subject to hydrolysis) is 1. The number of allylic oxidation sites excluding steroid dienone is 3. The van der Waals surface area contributed by atoms with Crippen LogP contribution in [0.1, 0.15) is 63.9 Å². The number of ether oxygens (including phenoxy) is 5. The normalized spacial score (nSPS) is 31.4. The summed E-state index contributed by atoms with van der Waals surface area (Å²) in [5.41, 5.74) is -1.76. The molecule has 0 bridgehead atoms. The number of hydrogen-bond donors (Lipinski definition) is 5. The zero-order valence-electron chi connectivity index (χ0n) is 35.7. The molecule has 63 heavy (non-hydrogen) atoms. The highest BCUT2D eigenvalue weighted by Gasteiger charge is 2.56. The fraction of sp³-hybridized carbons (Fsp3) is 0.478. The number of nitrogens with one attached hydrogen (secondary N) is 3. The molecule has 2 aliphatic carbocycles. The number of aromatic hydroxyl groups is 1. The molecule has 3 aromatic rings. The molecule has 4 aliphatic rings. The van der Waals surface area contributed by atoms with E-state index in [1.165, 1.54) is 31.3 Å². The van der Waals surface area contributed by atoms with Gasteiger partial charge >= 0.3 is 6.09 Å². The Morgan fingerprint density at radius 3 is 2.67 bits per heavy atom. The van der Waals surface area contributed by atoms with Gasteiger partial charge in [-0.2, -0.15) is 0 Å². The molecule has 1 amide bonds. The Morgan fingerprint density at radius 1 is 1.16 bits per heavy atom. The summed E-state index contributed by atoms with van der Waals surface area (Å²) in [6, 6.07) is 6.62. The number of nitrogens with zero attached hydrogens (tertiary/aromatic N) is 1. The molecule has 0 radical (unpaired) electrons. The number of ketones is 2. The van der Waals surface area contributed by atoms with Gasteiger partial charge in [-0.1, -0.05) is 54.8 Å². The number of pyridine rings is 1. The topological polar surface area (TPSA) is 191 Å². The van der Waals surface area contributed by atoms with Crippen molar-refractivity contribution in [2.45, 2.75) is 114 Å². The van der Waals surface area contributed by atoms with Crippen molar-refractivity contribution in [2.24, 2.45) is 5.92 Å². The predicted octanol–water partition coefficient (Wildman–Crippen LogP) is 4.88. The molecule has 9 unspecified atom stereocenters. The molecular formula is C46H51FN4O10S2. The van der Waals surface area contributed by atoms with Crippen LogP contribution in [0.3, 0.4) is 0 Å². The van der Waals surface area contributed by atoms with E-state index < -0.39 is 88.5 Å². The third-order valence-electron chi connectivity index (χ3n) is 11.6. The van der Waals surface area contributed by atoms with Crippen molar-refractivity contribution in [3.8, 4) is 29.4 Å². The summed E-state index contributed by atoms with van der Waals surface area (Å²) in [7, 11) is 0.600. The monoisotopic (exact) mass is 902 g/mol. The van der Waals surface area contributed by atoms with Gasteiger partial charge in [0.25, 0.3) is 0 Å². The van der Waals surface area contributed by atoms with E-state index in [4.69, 9.17) is 34.9 Å². The fourth-order valence-electron chi connectivity index (χ4n) is 8.52. The Labute approximate surface area is 372 Å². The van der Waals surface area contributed by atoms with E-state index in [9.17, 15) is 24.6 Å². The molecule has 0 saturated carbocycles. The predicted molar refractivity (Wildman–Crippen MR) is 238 cm³/mol. The lowest BCUT2D eigenvalue weighted by atomic mass is 9.82. The Bertz CT molecular complexity index is 2530. The minimum absolute atomic E-state index is 0.0232. The maximum absolute atomic E-state index is 18.0. The molecule has 7 rings (SSSR count). The van der Waals surface area contributed by atoms with Gasteiger partial charge in [0, 0.05) is 58.7 Å². The van der Waals surface area contributed by atoms with Crippen LogP contribution in [0.5, 0.6) is 5.75 Å². The van der Waals surface area contributed by atoms with Gasteiger partial charge in [-0.25, -0.2) is 9.18 Å². The van der Waals surface area contributed by atoms with Gasteiger partial charge in [0.1, 0.15) is 23.7 Å². The molecular weight excluding hydrogens is 852 g/mol. The van der Waals surface area contributed by atoms with Crippen molar-refractivity contribution >= 4 is 60.1 Å². The maximum atomic E-state index is 18.0. The Hall–Kier alpha value is -4.82. The summed E-state index contributed by atoms with van der Waals surface area (Å²) in [6.07, 6.45) is -0.763. The minimum atomic E-state index is -2.72. The Balaban J connectivity index is 1.30. The lowest BCUT2D eigenvalue weighted by Gasteiger charge is -2.45. The molecule has 11 atom stereocenters. The van der Waals surface area contributed by atoms with Crippen LogP contribution in [0, 0.1) is 29.6 Å². The van der Waals surface area contributed by atoms with Crippen LogP contribution in [0.15, 0.2) is 65.5 Å². The number of carbonyl (C=O) groups excluding carboxylic acids is 3. The second kappa shape index (κ2) is 19.5. The molecule has 5 N–H and O–H groups in total. The molecule has 0 spiro atoms. The first-order valence-electron chi connectivity index (χ1n) is 20.8. The van der Waals surface area contributed by atoms with Crippen molar-refractivity contribution in [2.75, 3.05) is 19.1 Å². The molecule has 2 aromatic heterocycles. The summed E-state index contributed by atoms with van der Waals surface area (Å²) in [5.74, 6) is 9.59. The average molecular weight is 903 g/mol. The van der Waals surface area contributed by atoms with Crippen molar-refractivity contribution in [1.82, 2.24) is 20.6 Å². The number of rotatable bonds is 11. The van der Waals surface area contributed by atoms with Gasteiger partial charge in [-0.3, -0.25) is 19.9 Å². The molecule has 4 heterocycles. The summed E-state index contributed by atoms with van der Waals surface area (Å²) < 4.78 is 49.0. The smallest absolute Gasteiger partial charge is 0.411 e. The van der Waals surface area contributed by atoms with Gasteiger partial charge in [-0.05, 0) is 74.9 Å². The number of H-pyrrole nitrogens is 1. The average Bonchev–Trinajstić information content (AvgIpc) is 3.61. The lowest BCUT2D eigenvalue weighted by Crippen LogP contribution is -2.59. The highest BCUT2D eigenvalue weighted by molar-refractivity contribution is 8.28. The van der Waals surface area contributed by atoms with E-state index in [0.717, 1.165) is 7.11 Å². The number of benzene rings is 1. The van der Waals surface area contributed by atoms with Crippen molar-refractivity contribution in [3.05, 3.63) is 71.2 Å². The zero-order chi connectivity index (χ0) is 45.2. The van der Waals surface area contributed by atoms with Crippen LogP contribution >= 0.6 is 0 Å².